The molecule has 6 heteroatoms. The van der Waals surface area contributed by atoms with E-state index in [0.717, 1.165) is 103 Å². The molecule has 0 amide bonds. The van der Waals surface area contributed by atoms with E-state index in [2.05, 4.69) is 41.5 Å². The number of ether oxygens (including phenoxy) is 2. The third-order valence-electron chi connectivity index (χ3n) is 11.1. The van der Waals surface area contributed by atoms with E-state index in [1.807, 2.05) is 0 Å². The van der Waals surface area contributed by atoms with Crippen LogP contribution in [0.2, 0.25) is 0 Å². The van der Waals surface area contributed by atoms with Crippen molar-refractivity contribution in [3.8, 4) is 0 Å². The number of esters is 2. The van der Waals surface area contributed by atoms with Gasteiger partial charge in [0.25, 0.3) is 0 Å². The van der Waals surface area contributed by atoms with Crippen LogP contribution in [0.25, 0.3) is 0 Å². The van der Waals surface area contributed by atoms with Gasteiger partial charge in [-0.05, 0) is 86.2 Å². The van der Waals surface area contributed by atoms with Gasteiger partial charge in [0, 0.05) is 11.1 Å². The molecule has 0 bridgehead atoms. The molecule has 0 aromatic rings. The fourth-order valence-corrected chi connectivity index (χ4v) is 7.59. The molecule has 0 saturated heterocycles. The van der Waals surface area contributed by atoms with Crippen LogP contribution in [0.15, 0.2) is 23.3 Å². The summed E-state index contributed by atoms with van der Waals surface area (Å²) in [6.07, 6.45) is 21.3. The molecule has 3 rings (SSSR count). The zero-order valence-electron chi connectivity index (χ0n) is 30.1. The minimum atomic E-state index is -0.387. The second-order valence-corrected chi connectivity index (χ2v) is 16.2. The van der Waals surface area contributed by atoms with Gasteiger partial charge >= 0.3 is 11.9 Å². The molecular weight excluding hydrogens is 576 g/mol. The molecule has 0 aliphatic heterocycles. The van der Waals surface area contributed by atoms with Crippen LogP contribution < -0.4 is 0 Å². The third kappa shape index (κ3) is 12.1. The van der Waals surface area contributed by atoms with Gasteiger partial charge in [-0.1, -0.05) is 106 Å². The first kappa shape index (κ1) is 38.2. The molecule has 6 nitrogen and oxygen atoms in total. The number of rotatable bonds is 18. The highest BCUT2D eigenvalue weighted by atomic mass is 16.5. The molecule has 2 unspecified atom stereocenters. The Balaban J connectivity index is 1.37. The van der Waals surface area contributed by atoms with Gasteiger partial charge < -0.3 is 9.47 Å². The van der Waals surface area contributed by atoms with Gasteiger partial charge in [0.05, 0.1) is 25.0 Å². The molecular formula is C40H64O6. The molecule has 3 aliphatic rings. The van der Waals surface area contributed by atoms with Gasteiger partial charge in [-0.2, -0.15) is 0 Å². The summed E-state index contributed by atoms with van der Waals surface area (Å²) in [5.74, 6) is 0.935. The molecule has 0 aromatic heterocycles. The average molecular weight is 641 g/mol. The largest absolute Gasteiger partial charge is 0.465 e. The van der Waals surface area contributed by atoms with E-state index in [1.54, 1.807) is 12.2 Å². The number of carbonyl (C=O) groups is 4. The fraction of sp³-hybridized carbons (Fsp3) is 0.800. The number of allylic oxidation sites excluding steroid dienone is 4. The zero-order valence-corrected chi connectivity index (χ0v) is 30.1. The van der Waals surface area contributed by atoms with Crippen LogP contribution in [0.5, 0.6) is 0 Å². The van der Waals surface area contributed by atoms with E-state index < -0.39 is 0 Å². The lowest BCUT2D eigenvalue weighted by molar-refractivity contribution is -0.150. The van der Waals surface area contributed by atoms with Crippen molar-refractivity contribution < 1.29 is 28.7 Å². The highest BCUT2D eigenvalue weighted by Gasteiger charge is 2.36. The molecule has 2 fully saturated rings. The van der Waals surface area contributed by atoms with E-state index >= 15 is 0 Å². The second kappa shape index (κ2) is 18.3. The lowest BCUT2D eigenvalue weighted by atomic mass is 9.70. The summed E-state index contributed by atoms with van der Waals surface area (Å²) < 4.78 is 11.2. The van der Waals surface area contributed by atoms with E-state index in [0.29, 0.717) is 36.2 Å². The topological polar surface area (TPSA) is 86.7 Å². The van der Waals surface area contributed by atoms with Crippen molar-refractivity contribution in [3.05, 3.63) is 23.3 Å². The van der Waals surface area contributed by atoms with Crippen LogP contribution >= 0.6 is 0 Å². The van der Waals surface area contributed by atoms with Crippen molar-refractivity contribution >= 4 is 23.5 Å². The zero-order chi connectivity index (χ0) is 33.7. The quantitative estimate of drug-likeness (QED) is 0.110. The summed E-state index contributed by atoms with van der Waals surface area (Å²) >= 11 is 0. The standard InChI is InChI=1S/C40H64O6/c1-29(21-25-45-37(43)31-17-9-7-10-18-31)15-13-23-39(3,4)33-27-36(42)34(28-35(33)41)40(5,6)24-14-16-30(2)22-26-46-38(44)32-19-11-8-12-20-32/h27-32H,7-26H2,1-6H3. The Labute approximate surface area is 279 Å². The van der Waals surface area contributed by atoms with E-state index in [4.69, 9.17) is 9.47 Å². The summed E-state index contributed by atoms with van der Waals surface area (Å²) in [6.45, 7) is 13.6. The summed E-state index contributed by atoms with van der Waals surface area (Å²) in [5.41, 5.74) is 0.453. The Morgan fingerprint density at radius 1 is 0.630 bits per heavy atom. The third-order valence-corrected chi connectivity index (χ3v) is 11.1. The molecule has 0 aromatic carbocycles. The van der Waals surface area contributed by atoms with Crippen molar-refractivity contribution in [1.29, 1.82) is 0 Å². The number of hydrogen-bond donors (Lipinski definition) is 0. The minimum absolute atomic E-state index is 0.0188. The smallest absolute Gasteiger partial charge is 0.308 e. The highest BCUT2D eigenvalue weighted by Crippen LogP contribution is 2.40. The average Bonchev–Trinajstić information content (AvgIpc) is 3.02. The predicted molar refractivity (Wildman–Crippen MR) is 184 cm³/mol. The Hall–Kier alpha value is -2.24. The summed E-state index contributed by atoms with van der Waals surface area (Å²) in [5, 5.41) is 0. The van der Waals surface area contributed by atoms with Crippen molar-refractivity contribution in [3.63, 3.8) is 0 Å². The number of ketones is 2. The lowest BCUT2D eigenvalue weighted by Gasteiger charge is -2.33. The van der Waals surface area contributed by atoms with Gasteiger partial charge in [-0.3, -0.25) is 19.2 Å². The number of hydrogen-bond acceptors (Lipinski definition) is 6. The molecule has 3 aliphatic carbocycles. The lowest BCUT2D eigenvalue weighted by Crippen LogP contribution is -2.30. The molecule has 2 atom stereocenters. The first-order valence-corrected chi connectivity index (χ1v) is 18.7. The molecule has 0 N–H and O–H groups in total. The first-order chi connectivity index (χ1) is 21.8. The maximum Gasteiger partial charge on any atom is 0.308 e. The Morgan fingerprint density at radius 3 is 1.33 bits per heavy atom. The molecule has 46 heavy (non-hydrogen) atoms. The number of carbonyl (C=O) groups excluding carboxylic acids is 4. The van der Waals surface area contributed by atoms with Gasteiger partial charge in [0.15, 0.2) is 11.6 Å². The van der Waals surface area contributed by atoms with Crippen LogP contribution in [0.3, 0.4) is 0 Å². The molecule has 0 heterocycles. The van der Waals surface area contributed by atoms with Gasteiger partial charge in [-0.15, -0.1) is 0 Å². The maximum absolute atomic E-state index is 13.4. The van der Waals surface area contributed by atoms with E-state index in [-0.39, 0.29) is 46.2 Å². The van der Waals surface area contributed by atoms with Crippen LogP contribution in [0.1, 0.15) is 157 Å². The van der Waals surface area contributed by atoms with Crippen LogP contribution in [-0.4, -0.2) is 36.7 Å². The second-order valence-electron chi connectivity index (χ2n) is 16.2. The van der Waals surface area contributed by atoms with Gasteiger partial charge in [0.2, 0.25) is 0 Å². The first-order valence-electron chi connectivity index (χ1n) is 18.7. The Bertz CT molecular complexity index is 997. The maximum atomic E-state index is 13.4. The van der Waals surface area contributed by atoms with Crippen LogP contribution in [0, 0.1) is 34.5 Å². The Morgan fingerprint density at radius 2 is 0.978 bits per heavy atom. The molecule has 0 radical (unpaired) electrons. The van der Waals surface area contributed by atoms with Crippen molar-refractivity contribution in [2.24, 2.45) is 34.5 Å². The van der Waals surface area contributed by atoms with Crippen molar-refractivity contribution in [2.45, 2.75) is 157 Å². The summed E-state index contributed by atoms with van der Waals surface area (Å²) in [4.78, 5) is 51.3. The monoisotopic (exact) mass is 640 g/mol. The van der Waals surface area contributed by atoms with Crippen LogP contribution in [0.4, 0.5) is 0 Å². The van der Waals surface area contributed by atoms with Gasteiger partial charge in [-0.25, -0.2) is 0 Å². The van der Waals surface area contributed by atoms with Crippen LogP contribution in [-0.2, 0) is 28.7 Å². The molecule has 2 saturated carbocycles. The summed E-state index contributed by atoms with van der Waals surface area (Å²) in [6, 6.07) is 0. The predicted octanol–water partition coefficient (Wildman–Crippen LogP) is 9.68. The Kier molecular flexibility index (Phi) is 15.2. The molecule has 260 valence electrons. The SMILES string of the molecule is CC(CCCC(C)(C)C1=CC(=O)C(C(C)(C)CCCC(C)CCOC(=O)C2CCCCC2)=CC1=O)CCOC(=O)C1CCCCC1. The normalized spacial score (nSPS) is 20.1. The highest BCUT2D eigenvalue weighted by molar-refractivity contribution is 6.20. The fourth-order valence-electron chi connectivity index (χ4n) is 7.59. The van der Waals surface area contributed by atoms with E-state index in [9.17, 15) is 19.2 Å². The van der Waals surface area contributed by atoms with Crippen molar-refractivity contribution in [1.82, 2.24) is 0 Å². The van der Waals surface area contributed by atoms with E-state index in [1.165, 1.54) is 12.8 Å². The molecule has 0 spiro atoms. The minimum Gasteiger partial charge on any atom is -0.465 e. The summed E-state index contributed by atoms with van der Waals surface area (Å²) in [7, 11) is 0. The van der Waals surface area contributed by atoms with Gasteiger partial charge in [0.1, 0.15) is 0 Å². The van der Waals surface area contributed by atoms with Crippen molar-refractivity contribution in [2.75, 3.05) is 13.2 Å².